The summed E-state index contributed by atoms with van der Waals surface area (Å²) < 4.78 is 140. The normalized spacial score (nSPS) is 18.9. The van der Waals surface area contributed by atoms with E-state index in [0.717, 1.165) is 126 Å². The molecular formula is C90H103ClN4O16S6-2. The van der Waals surface area contributed by atoms with Gasteiger partial charge < -0.3 is 38.2 Å². The van der Waals surface area contributed by atoms with Crippen molar-refractivity contribution in [3.05, 3.63) is 271 Å². The van der Waals surface area contributed by atoms with E-state index in [1.165, 1.54) is 34.4 Å². The Labute approximate surface area is 705 Å². The second kappa shape index (κ2) is 38.4. The van der Waals surface area contributed by atoms with E-state index in [-0.39, 0.29) is 57.1 Å². The number of fused-ring (bicyclic) bond motifs is 4. The van der Waals surface area contributed by atoms with Crippen molar-refractivity contribution < 1.29 is 80.8 Å². The van der Waals surface area contributed by atoms with E-state index in [9.17, 15) is 66.6 Å². The standard InChI is InChI=1S/C45H52N2O8S3.C38H47ClN2O6S2.C7H6O2S/c1-44(2)36-16-5-7-18-38(36)46(28-9-11-30-57(50,51)52)40(44)26-22-32-14-13-15-33(42(32)56-35-24-20-34(21-25-35)43(48)49)23-27-41-45(3,4)37-17-6-8-19-39(37)47(41)29-10-12-31-58(53,54)55;1-37(2)30-16-5-7-18-32(30)40(24-9-11-26-48(42,43)44)34(37)22-20-28-14-13-15-29(36(28)39)21-23-35-38(3,4)31-17-6-8-19-33(31)41(35)25-10-12-27-49(45,46)47;8-7(9)5-1-3-6(10)4-2-5/h5-8,16-27H,9-15,28-31H2,1-4H3,(H2-,48,49,50,51,52,53,54,55);5-8,16-23H,9-15,24-27H2,1-4H3,(H-,42,43,44,45,46,47);1-4,10H,(H,8,9)/p-2. The molecule has 0 spiro atoms. The van der Waals surface area contributed by atoms with Crippen LogP contribution in [0.15, 0.2) is 248 Å². The molecule has 117 heavy (non-hydrogen) atoms. The fraction of sp³-hybridized carbons (Fsp3) is 0.378. The van der Waals surface area contributed by atoms with Crippen LogP contribution >= 0.6 is 36.0 Å². The molecule has 4 heterocycles. The predicted molar refractivity (Wildman–Crippen MR) is 465 cm³/mol. The molecule has 0 saturated carbocycles. The van der Waals surface area contributed by atoms with Gasteiger partial charge in [0.2, 0.25) is 11.4 Å². The Kier molecular flexibility index (Phi) is 29.9. The lowest BCUT2D eigenvalue weighted by molar-refractivity contribution is -0.438. The zero-order valence-electron chi connectivity index (χ0n) is 67.3. The molecule has 0 fully saturated rings. The van der Waals surface area contributed by atoms with Crippen molar-refractivity contribution in [1.29, 1.82) is 0 Å². The average molecular weight is 1720 g/mol. The van der Waals surface area contributed by atoms with Crippen molar-refractivity contribution in [2.45, 2.75) is 177 Å². The summed E-state index contributed by atoms with van der Waals surface area (Å²) in [5, 5.41) is 18.7. The number of hydrogen-bond acceptors (Lipinski definition) is 18. The molecular weight excluding hydrogens is 1620 g/mol. The topological polar surface area (TPSA) is 316 Å². The smallest absolute Gasteiger partial charge is 0.335 e. The van der Waals surface area contributed by atoms with Crippen LogP contribution in [0.3, 0.4) is 0 Å². The first-order chi connectivity index (χ1) is 55.1. The van der Waals surface area contributed by atoms with Crippen LogP contribution in [0.2, 0.25) is 0 Å². The fourth-order valence-electron chi connectivity index (χ4n) is 16.4. The molecule has 6 aliphatic rings. The van der Waals surface area contributed by atoms with Gasteiger partial charge in [0.1, 0.15) is 13.1 Å². The molecule has 6 aromatic rings. The van der Waals surface area contributed by atoms with Crippen molar-refractivity contribution in [2.24, 2.45) is 0 Å². The number of halogens is 1. The summed E-state index contributed by atoms with van der Waals surface area (Å²) in [6.45, 7) is 19.8. The van der Waals surface area contributed by atoms with Crippen molar-refractivity contribution in [1.82, 2.24) is 0 Å². The van der Waals surface area contributed by atoms with Gasteiger partial charge in [-0.25, -0.2) is 43.3 Å². The Bertz CT molecular complexity index is 5560. The Hall–Kier alpha value is -8.25. The molecule has 4 aliphatic heterocycles. The molecule has 20 nitrogen and oxygen atoms in total. The van der Waals surface area contributed by atoms with Crippen molar-refractivity contribution in [2.75, 3.05) is 59.0 Å². The van der Waals surface area contributed by atoms with Crippen LogP contribution in [0, 0.1) is 0 Å². The third kappa shape index (κ3) is 23.2. The summed E-state index contributed by atoms with van der Waals surface area (Å²) >= 11 is 12.7. The number of nitrogens with zero attached hydrogens (tertiary/aromatic N) is 4. The van der Waals surface area contributed by atoms with Crippen LogP contribution in [0.25, 0.3) is 0 Å². The second-order valence-electron chi connectivity index (χ2n) is 32.2. The number of benzene rings is 6. The number of hydrogen-bond donors (Lipinski definition) is 3. The summed E-state index contributed by atoms with van der Waals surface area (Å²) in [5.74, 6) is -3.41. The van der Waals surface area contributed by atoms with Gasteiger partial charge in [0.15, 0.2) is 11.4 Å². The highest BCUT2D eigenvalue weighted by Crippen LogP contribution is 2.51. The number of carboxylic acid groups (broad SMARTS) is 2. The van der Waals surface area contributed by atoms with Crippen LogP contribution in [0.5, 0.6) is 0 Å². The maximum Gasteiger partial charge on any atom is 0.335 e. The number of anilines is 2. The van der Waals surface area contributed by atoms with Crippen LogP contribution in [-0.4, -0.2) is 144 Å². The first-order valence-electron chi connectivity index (χ1n) is 39.4. The molecule has 2 aliphatic carbocycles. The maximum absolute atomic E-state index is 11.7. The molecule has 0 saturated heterocycles. The number of thioether (sulfide) groups is 1. The summed E-state index contributed by atoms with van der Waals surface area (Å²) in [7, 11) is -17.1. The van der Waals surface area contributed by atoms with E-state index >= 15 is 0 Å². The van der Waals surface area contributed by atoms with E-state index in [1.807, 2.05) is 60.7 Å². The van der Waals surface area contributed by atoms with Crippen molar-refractivity contribution in [3.8, 4) is 0 Å². The summed E-state index contributed by atoms with van der Waals surface area (Å²) in [6.07, 6.45) is 25.9. The molecule has 2 N–H and O–H groups in total. The lowest BCUT2D eigenvalue weighted by atomic mass is 9.81. The predicted octanol–water partition coefficient (Wildman–Crippen LogP) is 18.0. The average Bonchev–Trinajstić information content (AvgIpc) is 1.61. The molecule has 6 aromatic carbocycles. The molecule has 27 heteroatoms. The quantitative estimate of drug-likeness (QED) is 0.0163. The molecule has 12 rings (SSSR count). The van der Waals surface area contributed by atoms with E-state index in [2.05, 4.69) is 184 Å². The van der Waals surface area contributed by atoms with Gasteiger partial charge >= 0.3 is 11.9 Å². The SMILES string of the molecule is CC1(C)C(/C=C/C2=C(Cl)C(=C/C=C3\N(CCCCS(=O)(=O)[O-])c4ccccc4C3(C)C)/CCC2)=[N+](CCCCS(=O)(=O)[O-])c2ccccc21.CC1(C)C(/C=C/C2=C(Sc3ccc(C(=O)O)cc3)C(=C/C=C3\N(CCCCS(=O)(=O)[O-])c4ccccc4C3(C)C)/CCC2)=[N+](CCCCS(=O)(=O)[O-])c2ccccc21.O=C(O)c1ccc(S)cc1. The molecule has 0 unspecified atom stereocenters. The monoisotopic (exact) mass is 1720 g/mol. The summed E-state index contributed by atoms with van der Waals surface area (Å²) in [5.41, 5.74) is 17.0. The zero-order valence-corrected chi connectivity index (χ0v) is 73.0. The fourth-order valence-corrected chi connectivity index (χ4v) is 20.2. The van der Waals surface area contributed by atoms with Gasteiger partial charge in [0.25, 0.3) is 0 Å². The number of carbonyl (C=O) groups is 2. The third-order valence-electron chi connectivity index (χ3n) is 22.4. The number of thiol groups is 1. The van der Waals surface area contributed by atoms with Gasteiger partial charge in [0.05, 0.1) is 62.4 Å². The van der Waals surface area contributed by atoms with Crippen LogP contribution in [0.1, 0.15) is 188 Å². The Morgan fingerprint density at radius 3 is 1.22 bits per heavy atom. The first kappa shape index (κ1) is 91.1. The highest BCUT2D eigenvalue weighted by molar-refractivity contribution is 8.03. The zero-order chi connectivity index (χ0) is 85.1. The molecule has 0 radical (unpaired) electrons. The second-order valence-corrected chi connectivity index (χ2v) is 40.2. The molecule has 0 aromatic heterocycles. The van der Waals surface area contributed by atoms with Crippen molar-refractivity contribution in [3.63, 3.8) is 0 Å². The maximum atomic E-state index is 11.7. The van der Waals surface area contributed by atoms with E-state index in [0.29, 0.717) is 64.7 Å². The van der Waals surface area contributed by atoms with Gasteiger partial charge in [-0.05, 0) is 211 Å². The number of aromatic carboxylic acids is 2. The van der Waals surface area contributed by atoms with Crippen LogP contribution < -0.4 is 9.80 Å². The van der Waals surface area contributed by atoms with Gasteiger partial charge in [-0.3, -0.25) is 0 Å². The van der Waals surface area contributed by atoms with Gasteiger partial charge in [0, 0.05) is 138 Å². The highest BCUT2D eigenvalue weighted by atomic mass is 35.5. The largest absolute Gasteiger partial charge is 0.748 e. The number of rotatable bonds is 30. The Morgan fingerprint density at radius 2 is 0.803 bits per heavy atom. The van der Waals surface area contributed by atoms with E-state index in [4.69, 9.17) is 16.7 Å². The minimum absolute atomic E-state index is 0.214. The minimum Gasteiger partial charge on any atom is -0.748 e. The summed E-state index contributed by atoms with van der Waals surface area (Å²) in [6, 6.07) is 46.2. The minimum atomic E-state index is -4.30. The number of allylic oxidation sites excluding steroid dienone is 15. The Morgan fingerprint density at radius 1 is 0.444 bits per heavy atom. The van der Waals surface area contributed by atoms with Crippen LogP contribution in [-0.2, 0) is 62.1 Å². The summed E-state index contributed by atoms with van der Waals surface area (Å²) in [4.78, 5) is 29.2. The molecule has 0 bridgehead atoms. The van der Waals surface area contributed by atoms with Gasteiger partial charge in [-0.1, -0.05) is 148 Å². The number of unbranched alkanes of at least 4 members (excludes halogenated alkanes) is 4. The van der Waals surface area contributed by atoms with Crippen LogP contribution in [0.4, 0.5) is 22.7 Å². The van der Waals surface area contributed by atoms with Crippen molar-refractivity contribution >= 4 is 123 Å². The van der Waals surface area contributed by atoms with E-state index in [1.54, 1.807) is 36.0 Å². The first-order valence-corrected chi connectivity index (χ1v) is 47.3. The highest BCUT2D eigenvalue weighted by Gasteiger charge is 2.46. The molecule has 0 amide bonds. The van der Waals surface area contributed by atoms with Gasteiger partial charge in [-0.2, -0.15) is 9.15 Å². The molecule has 624 valence electrons. The molecule has 0 atom stereocenters. The Balaban J connectivity index is 0.000000222. The lowest BCUT2D eigenvalue weighted by Crippen LogP contribution is -2.28. The number of carboxylic acids is 2. The van der Waals surface area contributed by atoms with Gasteiger partial charge in [-0.15, -0.1) is 12.6 Å². The third-order valence-corrected chi connectivity index (χ3v) is 27.6. The number of para-hydroxylation sites is 4. The lowest BCUT2D eigenvalue weighted by Gasteiger charge is -2.27. The van der Waals surface area contributed by atoms with E-state index < -0.39 is 63.9 Å².